The van der Waals surface area contributed by atoms with Crippen molar-refractivity contribution < 1.29 is 9.53 Å². The van der Waals surface area contributed by atoms with Crippen molar-refractivity contribution in [2.75, 3.05) is 17.7 Å². The molecule has 0 bridgehead atoms. The molecule has 7 heteroatoms. The third-order valence-electron chi connectivity index (χ3n) is 3.93. The van der Waals surface area contributed by atoms with Gasteiger partial charge in [0.2, 0.25) is 5.91 Å². The molecule has 0 saturated heterocycles. The van der Waals surface area contributed by atoms with Crippen molar-refractivity contribution in [2.45, 2.75) is 25.1 Å². The molecule has 1 aromatic heterocycles. The number of H-pyrrole nitrogens is 1. The first-order chi connectivity index (χ1) is 12.0. The van der Waals surface area contributed by atoms with E-state index in [4.69, 9.17) is 4.74 Å². The number of thioether (sulfide) groups is 1. The zero-order valence-electron chi connectivity index (χ0n) is 14.2. The molecule has 2 N–H and O–H groups in total. The van der Waals surface area contributed by atoms with Crippen molar-refractivity contribution in [3.63, 3.8) is 0 Å². The highest BCUT2D eigenvalue weighted by Gasteiger charge is 2.30. The number of carbonyl (C=O) groups is 1. The number of aromatic amines is 1. The van der Waals surface area contributed by atoms with Gasteiger partial charge in [0, 0.05) is 6.04 Å². The van der Waals surface area contributed by atoms with Gasteiger partial charge in [-0.3, -0.25) is 19.4 Å². The van der Waals surface area contributed by atoms with Crippen LogP contribution in [0.15, 0.2) is 41.7 Å². The Balaban J connectivity index is 2.01. The average Bonchev–Trinajstić information content (AvgIpc) is 2.80. The van der Waals surface area contributed by atoms with Crippen LogP contribution in [0.3, 0.4) is 0 Å². The van der Waals surface area contributed by atoms with Crippen molar-refractivity contribution in [3.8, 4) is 5.75 Å². The Morgan fingerprint density at radius 2 is 2.08 bits per heavy atom. The summed E-state index contributed by atoms with van der Waals surface area (Å²) in [5, 5.41) is 5.49. The molecule has 1 aromatic carbocycles. The molecular weight excluding hydrogens is 338 g/mol. The summed E-state index contributed by atoms with van der Waals surface area (Å²) in [5.74, 6) is 1.50. The third-order valence-corrected chi connectivity index (χ3v) is 5.20. The quantitative estimate of drug-likeness (QED) is 0.805. The van der Waals surface area contributed by atoms with Gasteiger partial charge in [-0.25, -0.2) is 0 Å². The van der Waals surface area contributed by atoms with Crippen LogP contribution in [0.25, 0.3) is 0 Å². The highest BCUT2D eigenvalue weighted by Crippen LogP contribution is 2.40. The largest absolute Gasteiger partial charge is 0.490 e. The van der Waals surface area contributed by atoms with Gasteiger partial charge >= 0.3 is 0 Å². The maximum Gasteiger partial charge on any atom is 0.270 e. The van der Waals surface area contributed by atoms with E-state index in [1.165, 1.54) is 11.8 Å². The number of fused-ring (bicyclic) bond motifs is 1. The third kappa shape index (κ3) is 3.51. The van der Waals surface area contributed by atoms with Gasteiger partial charge in [0.1, 0.15) is 18.2 Å². The minimum atomic E-state index is -0.217. The van der Waals surface area contributed by atoms with Gasteiger partial charge in [-0.1, -0.05) is 24.8 Å². The van der Waals surface area contributed by atoms with E-state index in [-0.39, 0.29) is 22.8 Å². The first kappa shape index (κ1) is 17.4. The fourth-order valence-corrected chi connectivity index (χ4v) is 3.91. The van der Waals surface area contributed by atoms with Crippen molar-refractivity contribution in [2.24, 2.45) is 0 Å². The van der Waals surface area contributed by atoms with Crippen LogP contribution in [0.2, 0.25) is 0 Å². The monoisotopic (exact) mass is 359 g/mol. The molecule has 3 rings (SSSR count). The molecular formula is C18H21N3O3S. The second-order valence-corrected chi connectivity index (χ2v) is 7.17. The molecule has 0 radical (unpaired) electrons. The number of amides is 1. The first-order valence-electron chi connectivity index (χ1n) is 8.10. The molecule has 2 aromatic rings. The van der Waals surface area contributed by atoms with Crippen LogP contribution in [0.5, 0.6) is 5.75 Å². The van der Waals surface area contributed by atoms with E-state index >= 15 is 0 Å². The number of nitrogens with zero attached hydrogens (tertiary/aromatic N) is 1. The van der Waals surface area contributed by atoms with Crippen LogP contribution < -0.4 is 15.6 Å². The van der Waals surface area contributed by atoms with E-state index in [0.717, 1.165) is 11.3 Å². The Hall–Kier alpha value is -2.41. The Morgan fingerprint density at radius 3 is 2.72 bits per heavy atom. The molecule has 6 nitrogen and oxygen atoms in total. The SMILES string of the molecule is C=CCOc1ccc([C@H]2SCC(=O)Nc3c2c(=O)[nH]n3C(C)C)cc1. The van der Waals surface area contributed by atoms with Crippen molar-refractivity contribution in [3.05, 3.63) is 58.4 Å². The first-order valence-corrected chi connectivity index (χ1v) is 9.15. The molecule has 1 atom stereocenters. The van der Waals surface area contributed by atoms with Gasteiger partial charge in [-0.05, 0) is 31.5 Å². The standard InChI is InChI=1S/C18H21N3O3S/c1-4-9-24-13-7-5-12(6-8-13)16-15-17(19-14(22)10-25-16)21(11(2)3)20-18(15)23/h4-8,11,16H,1,9-10H2,2-3H3,(H,19,22)(H,20,23)/t16-/m1/s1. The number of hydrogen-bond donors (Lipinski definition) is 2. The summed E-state index contributed by atoms with van der Waals surface area (Å²) in [5.41, 5.74) is 1.38. The molecule has 1 aliphatic heterocycles. The van der Waals surface area contributed by atoms with E-state index in [0.29, 0.717) is 23.7 Å². The smallest absolute Gasteiger partial charge is 0.270 e. The van der Waals surface area contributed by atoms with Crippen molar-refractivity contribution in [1.82, 2.24) is 9.78 Å². The van der Waals surface area contributed by atoms with Crippen molar-refractivity contribution >= 4 is 23.5 Å². The summed E-state index contributed by atoms with van der Waals surface area (Å²) >= 11 is 1.45. The summed E-state index contributed by atoms with van der Waals surface area (Å²) in [6, 6.07) is 7.64. The molecule has 2 heterocycles. The fourth-order valence-electron chi connectivity index (χ4n) is 2.79. The summed E-state index contributed by atoms with van der Waals surface area (Å²) in [4.78, 5) is 24.7. The highest BCUT2D eigenvalue weighted by atomic mass is 32.2. The number of aromatic nitrogens is 2. The van der Waals surface area contributed by atoms with E-state index in [1.807, 2.05) is 38.1 Å². The second-order valence-electron chi connectivity index (χ2n) is 6.07. The lowest BCUT2D eigenvalue weighted by molar-refractivity contribution is -0.113. The number of rotatable bonds is 5. The minimum Gasteiger partial charge on any atom is -0.490 e. The van der Waals surface area contributed by atoms with Crippen LogP contribution in [0.1, 0.15) is 36.3 Å². The van der Waals surface area contributed by atoms with Crippen LogP contribution in [-0.4, -0.2) is 28.0 Å². The zero-order valence-corrected chi connectivity index (χ0v) is 15.1. The van der Waals surface area contributed by atoms with Gasteiger partial charge in [-0.2, -0.15) is 0 Å². The van der Waals surface area contributed by atoms with Gasteiger partial charge in [0.25, 0.3) is 5.56 Å². The van der Waals surface area contributed by atoms with Crippen LogP contribution in [-0.2, 0) is 4.79 Å². The summed E-state index contributed by atoms with van der Waals surface area (Å²) in [6.07, 6.45) is 1.69. The second kappa shape index (κ2) is 7.23. The molecule has 132 valence electrons. The summed E-state index contributed by atoms with van der Waals surface area (Å²) < 4.78 is 7.22. The molecule has 0 unspecified atom stereocenters. The van der Waals surface area contributed by atoms with E-state index in [2.05, 4.69) is 17.0 Å². The van der Waals surface area contributed by atoms with Gasteiger partial charge in [0.15, 0.2) is 0 Å². The number of carbonyl (C=O) groups excluding carboxylic acids is 1. The predicted octanol–water partition coefficient (Wildman–Crippen LogP) is 3.10. The van der Waals surface area contributed by atoms with E-state index in [9.17, 15) is 9.59 Å². The Kier molecular flexibility index (Phi) is 5.03. The van der Waals surface area contributed by atoms with Crippen LogP contribution in [0, 0.1) is 0 Å². The lowest BCUT2D eigenvalue weighted by Crippen LogP contribution is -2.17. The number of hydrogen-bond acceptors (Lipinski definition) is 4. The molecule has 1 aliphatic rings. The molecule has 0 saturated carbocycles. The van der Waals surface area contributed by atoms with E-state index < -0.39 is 0 Å². The fraction of sp³-hybridized carbons (Fsp3) is 0.333. The van der Waals surface area contributed by atoms with Gasteiger partial charge in [-0.15, -0.1) is 11.8 Å². The predicted molar refractivity (Wildman–Crippen MR) is 101 cm³/mol. The van der Waals surface area contributed by atoms with Gasteiger partial charge < -0.3 is 10.1 Å². The zero-order chi connectivity index (χ0) is 18.0. The number of nitrogens with one attached hydrogen (secondary N) is 2. The maximum atomic E-state index is 12.6. The summed E-state index contributed by atoms with van der Waals surface area (Å²) in [6.45, 7) is 7.99. The molecule has 0 aliphatic carbocycles. The average molecular weight is 359 g/mol. The molecule has 1 amide bonds. The maximum absolute atomic E-state index is 12.6. The topological polar surface area (TPSA) is 76.1 Å². The van der Waals surface area contributed by atoms with E-state index in [1.54, 1.807) is 10.8 Å². The summed E-state index contributed by atoms with van der Waals surface area (Å²) in [7, 11) is 0. The Bertz CT molecular complexity index is 836. The normalized spacial score (nSPS) is 16.9. The number of ether oxygens (including phenoxy) is 1. The van der Waals surface area contributed by atoms with Crippen LogP contribution >= 0.6 is 11.8 Å². The number of anilines is 1. The minimum absolute atomic E-state index is 0.0372. The Labute approximate surface area is 150 Å². The van der Waals surface area contributed by atoms with Crippen molar-refractivity contribution in [1.29, 1.82) is 0 Å². The van der Waals surface area contributed by atoms with Gasteiger partial charge in [0.05, 0.1) is 16.6 Å². The van der Waals surface area contributed by atoms with Crippen LogP contribution in [0.4, 0.5) is 5.82 Å². The molecule has 0 spiro atoms. The molecule has 0 fully saturated rings. The molecule has 25 heavy (non-hydrogen) atoms. The lowest BCUT2D eigenvalue weighted by Gasteiger charge is -2.15. The Morgan fingerprint density at radius 1 is 1.36 bits per heavy atom. The highest BCUT2D eigenvalue weighted by molar-refractivity contribution is 8.00. The lowest BCUT2D eigenvalue weighted by atomic mass is 10.1. The number of benzene rings is 1.